The molecule has 1 aliphatic heterocycles. The van der Waals surface area contributed by atoms with E-state index in [4.69, 9.17) is 0 Å². The summed E-state index contributed by atoms with van der Waals surface area (Å²) < 4.78 is 0. The minimum absolute atomic E-state index is 0.0249. The second kappa shape index (κ2) is 4.79. The zero-order valence-corrected chi connectivity index (χ0v) is 11.0. The van der Waals surface area contributed by atoms with Crippen LogP contribution in [0.4, 0.5) is 0 Å². The Hall–Kier alpha value is -2.24. The molecule has 2 N–H and O–H groups in total. The van der Waals surface area contributed by atoms with Crippen LogP contribution in [0.15, 0.2) is 11.2 Å². The first-order valence-corrected chi connectivity index (χ1v) is 6.00. The van der Waals surface area contributed by atoms with Crippen molar-refractivity contribution in [3.63, 3.8) is 0 Å². The molecular weight excluding hydrogens is 246 g/mol. The summed E-state index contributed by atoms with van der Waals surface area (Å²) in [5.74, 6) is -1.06. The summed E-state index contributed by atoms with van der Waals surface area (Å²) in [4.78, 5) is 30.8. The number of aliphatic imine (C=N–C) groups is 1. The topological polar surface area (TPSA) is 91.7 Å². The number of amides is 1. The fraction of sp³-hybridized carbons (Fsp3) is 0.385. The third kappa shape index (κ3) is 2.33. The summed E-state index contributed by atoms with van der Waals surface area (Å²) in [6.45, 7) is 5.62. The minimum atomic E-state index is -1.06. The van der Waals surface area contributed by atoms with Crippen LogP contribution in [-0.2, 0) is 4.79 Å². The van der Waals surface area contributed by atoms with Gasteiger partial charge in [0.05, 0.1) is 17.8 Å². The highest BCUT2D eigenvalue weighted by atomic mass is 16.4. The highest BCUT2D eigenvalue weighted by Gasteiger charge is 2.26. The maximum atomic E-state index is 11.5. The average molecular weight is 261 g/mol. The molecule has 1 amide bonds. The maximum absolute atomic E-state index is 11.5. The van der Waals surface area contributed by atoms with Crippen LogP contribution in [-0.4, -0.2) is 34.3 Å². The smallest absolute Gasteiger partial charge is 0.338 e. The van der Waals surface area contributed by atoms with Crippen LogP contribution in [0.1, 0.15) is 46.9 Å². The van der Waals surface area contributed by atoms with E-state index in [9.17, 15) is 14.7 Å². The molecule has 0 fully saturated rings. The fourth-order valence-electron chi connectivity index (χ4n) is 2.09. The van der Waals surface area contributed by atoms with Gasteiger partial charge in [-0.15, -0.1) is 0 Å². The predicted octanol–water partition coefficient (Wildman–Crippen LogP) is 1.09. The van der Waals surface area contributed by atoms with Gasteiger partial charge in [-0.25, -0.2) is 4.79 Å². The molecule has 1 aromatic rings. The number of aromatic nitrogens is 1. The number of carbonyl (C=O) groups is 2. The van der Waals surface area contributed by atoms with Gasteiger partial charge in [0.25, 0.3) is 5.91 Å². The quantitative estimate of drug-likeness (QED) is 0.849. The number of carboxylic acids is 1. The summed E-state index contributed by atoms with van der Waals surface area (Å²) in [6, 6.07) is 0. The van der Waals surface area contributed by atoms with E-state index in [1.54, 1.807) is 13.1 Å². The van der Waals surface area contributed by atoms with Gasteiger partial charge in [0.2, 0.25) is 0 Å². The summed E-state index contributed by atoms with van der Waals surface area (Å²) in [7, 11) is 0. The molecule has 0 bridgehead atoms. The Kier molecular flexibility index (Phi) is 3.33. The number of aryl methyl sites for hydroxylation is 1. The predicted molar refractivity (Wildman–Crippen MR) is 69.6 cm³/mol. The van der Waals surface area contributed by atoms with Crippen molar-refractivity contribution < 1.29 is 14.7 Å². The van der Waals surface area contributed by atoms with Crippen LogP contribution < -0.4 is 5.32 Å². The van der Waals surface area contributed by atoms with Gasteiger partial charge in [0.15, 0.2) is 0 Å². The van der Waals surface area contributed by atoms with Gasteiger partial charge in [0.1, 0.15) is 5.84 Å². The number of hydrogen-bond donors (Lipinski definition) is 2. The second-order valence-corrected chi connectivity index (χ2v) is 4.74. The lowest BCUT2D eigenvalue weighted by Gasteiger charge is -2.15. The third-order valence-electron chi connectivity index (χ3n) is 2.94. The number of aromatic carboxylic acids is 1. The molecule has 0 spiro atoms. The van der Waals surface area contributed by atoms with Crippen LogP contribution in [0.25, 0.3) is 0 Å². The molecule has 0 aliphatic carbocycles. The van der Waals surface area contributed by atoms with Gasteiger partial charge < -0.3 is 10.4 Å². The Morgan fingerprint density at radius 2 is 2.16 bits per heavy atom. The molecular formula is C13H15N3O3. The van der Waals surface area contributed by atoms with Crippen LogP contribution in [0.2, 0.25) is 0 Å². The molecule has 0 saturated heterocycles. The van der Waals surface area contributed by atoms with Gasteiger partial charge in [-0.3, -0.25) is 9.78 Å². The molecule has 1 aromatic heterocycles. The normalized spacial score (nSPS) is 14.5. The van der Waals surface area contributed by atoms with Crippen LogP contribution >= 0.6 is 0 Å². The molecule has 0 aromatic carbocycles. The summed E-state index contributed by atoms with van der Waals surface area (Å²) in [5.41, 5.74) is 1.76. The Bertz CT molecular complexity index is 591. The van der Waals surface area contributed by atoms with Crippen molar-refractivity contribution in [1.29, 1.82) is 0 Å². The fourth-order valence-corrected chi connectivity index (χ4v) is 2.09. The van der Waals surface area contributed by atoms with Crippen molar-refractivity contribution in [3.8, 4) is 0 Å². The van der Waals surface area contributed by atoms with Crippen molar-refractivity contribution in [2.75, 3.05) is 6.54 Å². The molecule has 1 aliphatic rings. The Balaban J connectivity index is 2.71. The van der Waals surface area contributed by atoms with E-state index in [0.717, 1.165) is 0 Å². The van der Waals surface area contributed by atoms with Crippen molar-refractivity contribution in [3.05, 3.63) is 28.6 Å². The molecule has 0 unspecified atom stereocenters. The number of rotatable bonds is 3. The first-order chi connectivity index (χ1) is 8.91. The highest BCUT2D eigenvalue weighted by molar-refractivity contribution is 6.15. The van der Waals surface area contributed by atoms with Gasteiger partial charge in [-0.1, -0.05) is 13.8 Å². The number of pyridine rings is 1. The molecule has 0 atom stereocenters. The molecule has 0 radical (unpaired) electrons. The van der Waals surface area contributed by atoms with Gasteiger partial charge in [-0.05, 0) is 18.4 Å². The first-order valence-electron chi connectivity index (χ1n) is 6.00. The van der Waals surface area contributed by atoms with Gasteiger partial charge in [0, 0.05) is 11.8 Å². The minimum Gasteiger partial charge on any atom is -0.478 e. The SMILES string of the molecule is Cc1cnc(C(C)C)c(C(=O)O)c1C1=NC(=O)CN1. The van der Waals surface area contributed by atoms with Crippen molar-refractivity contribution in [1.82, 2.24) is 10.3 Å². The molecule has 2 rings (SSSR count). The van der Waals surface area contributed by atoms with E-state index in [1.165, 1.54) is 0 Å². The summed E-state index contributed by atoms with van der Waals surface area (Å²) in [6.07, 6.45) is 1.62. The number of nitrogens with zero attached hydrogens (tertiary/aromatic N) is 2. The molecule has 6 nitrogen and oxygen atoms in total. The first kappa shape index (κ1) is 13.2. The number of carboxylic acid groups (broad SMARTS) is 1. The second-order valence-electron chi connectivity index (χ2n) is 4.74. The third-order valence-corrected chi connectivity index (χ3v) is 2.94. The Labute approximate surface area is 110 Å². The number of amidine groups is 1. The van der Waals surface area contributed by atoms with Gasteiger partial charge >= 0.3 is 5.97 Å². The number of carbonyl (C=O) groups excluding carboxylic acids is 1. The van der Waals surface area contributed by atoms with Crippen molar-refractivity contribution in [2.24, 2.45) is 4.99 Å². The zero-order chi connectivity index (χ0) is 14.2. The molecule has 6 heteroatoms. The monoisotopic (exact) mass is 261 g/mol. The average Bonchev–Trinajstić information content (AvgIpc) is 2.74. The molecule has 19 heavy (non-hydrogen) atoms. The molecule has 100 valence electrons. The van der Waals surface area contributed by atoms with Crippen LogP contribution in [0.3, 0.4) is 0 Å². The molecule has 2 heterocycles. The van der Waals surface area contributed by atoms with E-state index in [1.807, 2.05) is 13.8 Å². The number of hydrogen-bond acceptors (Lipinski definition) is 4. The van der Waals surface area contributed by atoms with Crippen LogP contribution in [0.5, 0.6) is 0 Å². The summed E-state index contributed by atoms with van der Waals surface area (Å²) in [5, 5.41) is 12.3. The lowest BCUT2D eigenvalue weighted by Crippen LogP contribution is -2.25. The van der Waals surface area contributed by atoms with Gasteiger partial charge in [-0.2, -0.15) is 4.99 Å². The van der Waals surface area contributed by atoms with E-state index in [0.29, 0.717) is 22.7 Å². The lowest BCUT2D eigenvalue weighted by atomic mass is 9.95. The standard InChI is InChI=1S/C13H15N3O3/c1-6(2)11-10(13(18)19)9(7(3)4-14-11)12-15-5-8(17)16-12/h4,6H,5H2,1-3H3,(H,18,19)(H,15,16,17). The number of nitrogens with one attached hydrogen (secondary N) is 1. The maximum Gasteiger partial charge on any atom is 0.338 e. The van der Waals surface area contributed by atoms with Crippen molar-refractivity contribution >= 4 is 17.7 Å². The zero-order valence-electron chi connectivity index (χ0n) is 11.0. The largest absolute Gasteiger partial charge is 0.478 e. The Morgan fingerprint density at radius 3 is 2.63 bits per heavy atom. The highest BCUT2D eigenvalue weighted by Crippen LogP contribution is 2.24. The van der Waals surface area contributed by atoms with E-state index >= 15 is 0 Å². The van der Waals surface area contributed by atoms with E-state index in [-0.39, 0.29) is 23.9 Å². The Morgan fingerprint density at radius 1 is 1.47 bits per heavy atom. The lowest BCUT2D eigenvalue weighted by molar-refractivity contribution is -0.116. The van der Waals surface area contributed by atoms with Crippen LogP contribution in [0, 0.1) is 6.92 Å². The van der Waals surface area contributed by atoms with E-state index < -0.39 is 5.97 Å². The summed E-state index contributed by atoms with van der Waals surface area (Å²) >= 11 is 0. The molecule has 0 saturated carbocycles. The van der Waals surface area contributed by atoms with E-state index in [2.05, 4.69) is 15.3 Å². The van der Waals surface area contributed by atoms with Crippen molar-refractivity contribution in [2.45, 2.75) is 26.7 Å².